The fraction of sp³-hybridized carbons (Fsp3) is 0.0476. The first kappa shape index (κ1) is 15.9. The number of aromatic carboxylic acids is 1. The molecule has 1 N–H and O–H groups in total. The number of pyridine rings is 1. The molecule has 0 aliphatic rings. The Hall–Kier alpha value is -3.60. The predicted octanol–water partition coefficient (Wildman–Crippen LogP) is 4.38. The largest absolute Gasteiger partial charge is 0.497 e. The van der Waals surface area contributed by atoms with Gasteiger partial charge in [-0.2, -0.15) is 0 Å². The SMILES string of the molecule is COc1ccc(-c2ccc(-c3cn4cc(C(=O)O)ccc4n3)cc2)cc1. The number of hydrogen-bond donors (Lipinski definition) is 1. The first-order valence-electron chi connectivity index (χ1n) is 8.11. The maximum absolute atomic E-state index is 11.1. The highest BCUT2D eigenvalue weighted by Gasteiger charge is 2.08. The summed E-state index contributed by atoms with van der Waals surface area (Å²) in [6, 6.07) is 19.3. The van der Waals surface area contributed by atoms with Crippen LogP contribution in [0.25, 0.3) is 28.0 Å². The second-order valence-corrected chi connectivity index (χ2v) is 5.92. The van der Waals surface area contributed by atoms with Gasteiger partial charge in [0.05, 0.1) is 18.4 Å². The molecule has 4 aromatic rings. The van der Waals surface area contributed by atoms with E-state index in [1.165, 1.54) is 0 Å². The summed E-state index contributed by atoms with van der Waals surface area (Å²) in [5, 5.41) is 9.10. The Labute approximate surface area is 150 Å². The second kappa shape index (κ2) is 6.37. The minimum atomic E-state index is -0.953. The average molecular weight is 344 g/mol. The third-order valence-corrected chi connectivity index (χ3v) is 4.30. The molecule has 0 amide bonds. The van der Waals surface area contributed by atoms with Crippen molar-refractivity contribution < 1.29 is 14.6 Å². The van der Waals surface area contributed by atoms with Gasteiger partial charge in [-0.1, -0.05) is 36.4 Å². The Morgan fingerprint density at radius 3 is 2.12 bits per heavy atom. The summed E-state index contributed by atoms with van der Waals surface area (Å²) in [4.78, 5) is 15.7. The third-order valence-electron chi connectivity index (χ3n) is 4.30. The van der Waals surface area contributed by atoms with Crippen LogP contribution in [0.3, 0.4) is 0 Å². The zero-order valence-corrected chi connectivity index (χ0v) is 14.1. The molecule has 5 heteroatoms. The number of aromatic nitrogens is 2. The van der Waals surface area contributed by atoms with Gasteiger partial charge in [0, 0.05) is 18.0 Å². The summed E-state index contributed by atoms with van der Waals surface area (Å²) >= 11 is 0. The Morgan fingerprint density at radius 2 is 1.50 bits per heavy atom. The zero-order valence-electron chi connectivity index (χ0n) is 14.1. The van der Waals surface area contributed by atoms with E-state index in [1.807, 2.05) is 54.7 Å². The van der Waals surface area contributed by atoms with Gasteiger partial charge in [-0.25, -0.2) is 9.78 Å². The molecule has 0 bridgehead atoms. The number of fused-ring (bicyclic) bond motifs is 1. The number of benzene rings is 2. The van der Waals surface area contributed by atoms with Crippen molar-refractivity contribution >= 4 is 11.6 Å². The molecule has 0 saturated carbocycles. The lowest BCUT2D eigenvalue weighted by atomic mass is 10.0. The Morgan fingerprint density at radius 1 is 0.885 bits per heavy atom. The van der Waals surface area contributed by atoms with Crippen molar-refractivity contribution in [1.82, 2.24) is 9.38 Å². The fourth-order valence-corrected chi connectivity index (χ4v) is 2.87. The first-order chi connectivity index (χ1) is 12.6. The molecule has 26 heavy (non-hydrogen) atoms. The van der Waals surface area contributed by atoms with Gasteiger partial charge in [-0.15, -0.1) is 0 Å². The van der Waals surface area contributed by atoms with Crippen LogP contribution in [0, 0.1) is 0 Å². The number of hydrogen-bond acceptors (Lipinski definition) is 3. The number of carboxylic acids is 1. The highest BCUT2D eigenvalue weighted by Crippen LogP contribution is 2.26. The number of methoxy groups -OCH3 is 1. The van der Waals surface area contributed by atoms with Crippen LogP contribution >= 0.6 is 0 Å². The number of nitrogens with zero attached hydrogens (tertiary/aromatic N) is 2. The van der Waals surface area contributed by atoms with E-state index in [1.54, 1.807) is 29.8 Å². The summed E-state index contributed by atoms with van der Waals surface area (Å²) in [5.41, 5.74) is 4.93. The second-order valence-electron chi connectivity index (χ2n) is 5.92. The van der Waals surface area contributed by atoms with Crippen molar-refractivity contribution in [2.45, 2.75) is 0 Å². The Balaban J connectivity index is 1.65. The topological polar surface area (TPSA) is 63.8 Å². The molecule has 2 aromatic heterocycles. The fourth-order valence-electron chi connectivity index (χ4n) is 2.87. The van der Waals surface area contributed by atoms with Crippen LogP contribution < -0.4 is 4.74 Å². The van der Waals surface area contributed by atoms with Crippen LogP contribution in [-0.2, 0) is 0 Å². The Kier molecular flexibility index (Phi) is 3.89. The maximum atomic E-state index is 11.1. The summed E-state index contributed by atoms with van der Waals surface area (Å²) in [6.45, 7) is 0. The van der Waals surface area contributed by atoms with Crippen molar-refractivity contribution in [3.63, 3.8) is 0 Å². The summed E-state index contributed by atoms with van der Waals surface area (Å²) in [7, 11) is 1.65. The average Bonchev–Trinajstić information content (AvgIpc) is 3.11. The summed E-state index contributed by atoms with van der Waals surface area (Å²) in [6.07, 6.45) is 3.41. The van der Waals surface area contributed by atoms with Crippen LogP contribution in [0.2, 0.25) is 0 Å². The van der Waals surface area contributed by atoms with Gasteiger partial charge in [0.1, 0.15) is 11.4 Å². The smallest absolute Gasteiger partial charge is 0.337 e. The molecule has 0 saturated heterocycles. The van der Waals surface area contributed by atoms with Gasteiger partial charge >= 0.3 is 5.97 Å². The van der Waals surface area contributed by atoms with Crippen LogP contribution in [0.4, 0.5) is 0 Å². The van der Waals surface area contributed by atoms with Crippen LogP contribution in [0.1, 0.15) is 10.4 Å². The Bertz CT molecular complexity index is 1080. The van der Waals surface area contributed by atoms with Crippen molar-refractivity contribution in [3.8, 4) is 28.1 Å². The number of imidazole rings is 1. The van der Waals surface area contributed by atoms with Crippen LogP contribution in [0.15, 0.2) is 73.1 Å². The van der Waals surface area contributed by atoms with E-state index >= 15 is 0 Å². The zero-order chi connectivity index (χ0) is 18.1. The van der Waals surface area contributed by atoms with E-state index in [4.69, 9.17) is 9.84 Å². The molecule has 5 nitrogen and oxygen atoms in total. The monoisotopic (exact) mass is 344 g/mol. The summed E-state index contributed by atoms with van der Waals surface area (Å²) < 4.78 is 6.92. The molecule has 128 valence electrons. The third kappa shape index (κ3) is 2.91. The van der Waals surface area contributed by atoms with Gasteiger partial charge in [-0.3, -0.25) is 0 Å². The first-order valence-corrected chi connectivity index (χ1v) is 8.11. The quantitative estimate of drug-likeness (QED) is 0.597. The van der Waals surface area contributed by atoms with E-state index in [9.17, 15) is 4.79 Å². The van der Waals surface area contributed by atoms with Crippen molar-refractivity contribution in [3.05, 3.63) is 78.6 Å². The molecule has 0 fully saturated rings. The van der Waals surface area contributed by atoms with Gasteiger partial charge in [0.15, 0.2) is 0 Å². The van der Waals surface area contributed by atoms with E-state index < -0.39 is 5.97 Å². The van der Waals surface area contributed by atoms with Gasteiger partial charge in [0.2, 0.25) is 0 Å². The van der Waals surface area contributed by atoms with Crippen molar-refractivity contribution in [2.75, 3.05) is 7.11 Å². The number of ether oxygens (including phenoxy) is 1. The summed E-state index contributed by atoms with van der Waals surface area (Å²) in [5.74, 6) is -0.123. The van der Waals surface area contributed by atoms with Gasteiger partial charge < -0.3 is 14.2 Å². The van der Waals surface area contributed by atoms with Crippen LogP contribution in [-0.4, -0.2) is 27.6 Å². The lowest BCUT2D eigenvalue weighted by molar-refractivity contribution is 0.0696. The minimum absolute atomic E-state index is 0.233. The molecule has 0 aliphatic carbocycles. The number of rotatable bonds is 4. The van der Waals surface area contributed by atoms with Gasteiger partial charge in [-0.05, 0) is 35.4 Å². The van der Waals surface area contributed by atoms with Crippen molar-refractivity contribution in [1.29, 1.82) is 0 Å². The van der Waals surface area contributed by atoms with Crippen LogP contribution in [0.5, 0.6) is 5.75 Å². The maximum Gasteiger partial charge on any atom is 0.337 e. The normalized spacial score (nSPS) is 10.8. The molecule has 4 rings (SSSR count). The van der Waals surface area contributed by atoms with Crippen molar-refractivity contribution in [2.24, 2.45) is 0 Å². The molecule has 0 aliphatic heterocycles. The number of carbonyl (C=O) groups is 1. The molecule has 0 spiro atoms. The van der Waals surface area contributed by atoms with E-state index in [-0.39, 0.29) is 5.56 Å². The molecule has 0 radical (unpaired) electrons. The highest BCUT2D eigenvalue weighted by atomic mass is 16.5. The predicted molar refractivity (Wildman–Crippen MR) is 99.6 cm³/mol. The molecule has 2 aromatic carbocycles. The van der Waals surface area contributed by atoms with Gasteiger partial charge in [0.25, 0.3) is 0 Å². The lowest BCUT2D eigenvalue weighted by Gasteiger charge is -2.04. The van der Waals surface area contributed by atoms with E-state index in [0.29, 0.717) is 5.65 Å². The lowest BCUT2D eigenvalue weighted by Crippen LogP contribution is -1.97. The molecule has 0 atom stereocenters. The van der Waals surface area contributed by atoms with E-state index in [2.05, 4.69) is 4.98 Å². The standard InChI is InChI=1S/C21H16N2O3/c1-26-18-9-6-15(7-10-18)14-2-4-16(5-3-14)19-13-23-12-17(21(24)25)8-11-20(23)22-19/h2-13H,1H3,(H,24,25). The number of carboxylic acid groups (broad SMARTS) is 1. The minimum Gasteiger partial charge on any atom is -0.497 e. The molecule has 0 unspecified atom stereocenters. The molecular formula is C21H16N2O3. The molecular weight excluding hydrogens is 328 g/mol. The van der Waals surface area contributed by atoms with E-state index in [0.717, 1.165) is 28.1 Å². The highest BCUT2D eigenvalue weighted by molar-refractivity contribution is 5.87. The molecule has 2 heterocycles.